The van der Waals surface area contributed by atoms with Crippen LogP contribution in [-0.2, 0) is 7.05 Å². The van der Waals surface area contributed by atoms with Crippen molar-refractivity contribution >= 4 is 11.6 Å². The average molecular weight is 386 g/mol. The Morgan fingerprint density at radius 3 is 2.48 bits per heavy atom. The first kappa shape index (κ1) is 18.2. The first-order valence-corrected chi connectivity index (χ1v) is 8.85. The summed E-state index contributed by atoms with van der Waals surface area (Å²) in [4.78, 5) is 8.48. The van der Waals surface area contributed by atoms with Gasteiger partial charge in [-0.15, -0.1) is 0 Å². The second kappa shape index (κ2) is 7.09. The van der Waals surface area contributed by atoms with Crippen LogP contribution in [0.5, 0.6) is 5.75 Å². The van der Waals surface area contributed by atoms with Crippen molar-refractivity contribution in [2.24, 2.45) is 7.05 Å². The summed E-state index contributed by atoms with van der Waals surface area (Å²) in [5.74, 6) is 1.34. The van der Waals surface area contributed by atoms with Gasteiger partial charge in [-0.2, -0.15) is 15.5 Å². The van der Waals surface area contributed by atoms with Crippen LogP contribution in [0.3, 0.4) is 0 Å². The fraction of sp³-hybridized carbons (Fsp3) is 0.150. The van der Waals surface area contributed by atoms with Crippen LogP contribution in [-0.4, -0.2) is 34.6 Å². The van der Waals surface area contributed by atoms with Gasteiger partial charge in [-0.1, -0.05) is 12.1 Å². The maximum atomic E-state index is 10.7. The third kappa shape index (κ3) is 3.39. The highest BCUT2D eigenvalue weighted by Gasteiger charge is 2.18. The van der Waals surface area contributed by atoms with E-state index in [0.717, 1.165) is 17.0 Å². The highest BCUT2D eigenvalue weighted by molar-refractivity contribution is 5.75. The topological polar surface area (TPSA) is 117 Å². The summed E-state index contributed by atoms with van der Waals surface area (Å²) in [5.41, 5.74) is 3.67. The van der Waals surface area contributed by atoms with E-state index in [9.17, 15) is 5.11 Å². The molecule has 3 aromatic heterocycles. The van der Waals surface area contributed by atoms with E-state index in [2.05, 4.69) is 31.6 Å². The van der Waals surface area contributed by atoms with E-state index in [1.54, 1.807) is 46.7 Å². The molecule has 0 aliphatic carbocycles. The molecule has 144 valence electrons. The number of aromatic nitrogens is 6. The Balaban J connectivity index is 1.66. The van der Waals surface area contributed by atoms with Crippen molar-refractivity contribution in [3.63, 3.8) is 0 Å². The second-order valence-corrected chi connectivity index (χ2v) is 6.58. The lowest BCUT2D eigenvalue weighted by Crippen LogP contribution is -2.04. The average Bonchev–Trinajstić information content (AvgIpc) is 3.19. The number of anilines is 2. The van der Waals surface area contributed by atoms with E-state index < -0.39 is 0 Å². The van der Waals surface area contributed by atoms with Gasteiger partial charge in [0, 0.05) is 24.4 Å². The smallest absolute Gasteiger partial charge is 0.196 e. The molecule has 0 amide bonds. The molecule has 0 fully saturated rings. The number of nitrogens with zero attached hydrogens (tertiary/aromatic N) is 7. The van der Waals surface area contributed by atoms with Gasteiger partial charge < -0.3 is 10.4 Å². The lowest BCUT2D eigenvalue weighted by molar-refractivity contribution is 0.479. The number of hydrogen-bond acceptors (Lipinski definition) is 7. The fourth-order valence-corrected chi connectivity index (χ4v) is 3.14. The van der Waals surface area contributed by atoms with Gasteiger partial charge in [0.15, 0.2) is 17.4 Å². The van der Waals surface area contributed by atoms with Crippen LogP contribution in [0.1, 0.15) is 17.0 Å². The van der Waals surface area contributed by atoms with Crippen molar-refractivity contribution in [3.05, 3.63) is 59.7 Å². The van der Waals surface area contributed by atoms with Gasteiger partial charge in [0.1, 0.15) is 17.8 Å². The minimum absolute atomic E-state index is 0.0107. The molecule has 9 heteroatoms. The quantitative estimate of drug-likeness (QED) is 0.553. The zero-order valence-corrected chi connectivity index (χ0v) is 16.1. The van der Waals surface area contributed by atoms with Crippen LogP contribution in [0.4, 0.5) is 11.6 Å². The molecule has 0 bridgehead atoms. The molecule has 0 spiro atoms. The minimum atomic E-state index is -0.0107. The van der Waals surface area contributed by atoms with Crippen LogP contribution in [0, 0.1) is 25.2 Å². The largest absolute Gasteiger partial charge is 0.503 e. The van der Waals surface area contributed by atoms with Gasteiger partial charge in [-0.3, -0.25) is 4.68 Å². The minimum Gasteiger partial charge on any atom is -0.503 e. The van der Waals surface area contributed by atoms with E-state index in [-0.39, 0.29) is 11.6 Å². The van der Waals surface area contributed by atoms with Crippen LogP contribution in [0.25, 0.3) is 17.1 Å². The first-order chi connectivity index (χ1) is 14.0. The lowest BCUT2D eigenvalue weighted by Gasteiger charge is -2.06. The highest BCUT2D eigenvalue weighted by atomic mass is 16.3. The molecule has 4 aromatic rings. The van der Waals surface area contributed by atoms with E-state index in [1.807, 2.05) is 19.9 Å². The van der Waals surface area contributed by atoms with Crippen molar-refractivity contribution in [1.29, 1.82) is 5.26 Å². The fourth-order valence-electron chi connectivity index (χ4n) is 3.14. The van der Waals surface area contributed by atoms with Crippen molar-refractivity contribution < 1.29 is 5.11 Å². The maximum Gasteiger partial charge on any atom is 0.196 e. The van der Waals surface area contributed by atoms with Crippen molar-refractivity contribution in [2.45, 2.75) is 13.8 Å². The van der Waals surface area contributed by atoms with Crippen LogP contribution >= 0.6 is 0 Å². The Hall–Kier alpha value is -4.19. The zero-order chi connectivity index (χ0) is 20.5. The number of rotatable bonds is 4. The predicted molar refractivity (Wildman–Crippen MR) is 107 cm³/mol. The van der Waals surface area contributed by atoms with E-state index in [1.165, 1.54) is 6.33 Å². The molecule has 2 N–H and O–H groups in total. The Bertz CT molecular complexity index is 1230. The molecule has 0 aliphatic heterocycles. The van der Waals surface area contributed by atoms with Crippen LogP contribution in [0.2, 0.25) is 0 Å². The second-order valence-electron chi connectivity index (χ2n) is 6.58. The van der Waals surface area contributed by atoms with Gasteiger partial charge in [-0.05, 0) is 32.0 Å². The van der Waals surface area contributed by atoms with Gasteiger partial charge in [0.05, 0.1) is 17.3 Å². The van der Waals surface area contributed by atoms with Crippen molar-refractivity contribution in [2.75, 3.05) is 5.32 Å². The molecule has 0 saturated heterocycles. The van der Waals surface area contributed by atoms with Crippen molar-refractivity contribution in [1.82, 2.24) is 29.5 Å². The van der Waals surface area contributed by atoms with Gasteiger partial charge in [0.2, 0.25) is 0 Å². The molecule has 9 nitrogen and oxygen atoms in total. The summed E-state index contributed by atoms with van der Waals surface area (Å²) in [7, 11) is 1.74. The lowest BCUT2D eigenvalue weighted by atomic mass is 10.1. The summed E-state index contributed by atoms with van der Waals surface area (Å²) < 4.78 is 3.30. The molecule has 29 heavy (non-hydrogen) atoms. The summed E-state index contributed by atoms with van der Waals surface area (Å²) in [6, 6.07) is 12.7. The van der Waals surface area contributed by atoms with E-state index >= 15 is 0 Å². The number of aryl methyl sites for hydroxylation is 3. The normalized spacial score (nSPS) is 10.7. The zero-order valence-electron chi connectivity index (χ0n) is 16.1. The summed E-state index contributed by atoms with van der Waals surface area (Å²) in [5, 5.41) is 31.5. The summed E-state index contributed by atoms with van der Waals surface area (Å²) >= 11 is 0. The first-order valence-electron chi connectivity index (χ1n) is 8.85. The van der Waals surface area contributed by atoms with E-state index in [0.29, 0.717) is 22.9 Å². The predicted octanol–water partition coefficient (Wildman–Crippen LogP) is 3.00. The molecular weight excluding hydrogens is 368 g/mol. The Morgan fingerprint density at radius 2 is 1.83 bits per heavy atom. The molecule has 3 heterocycles. The van der Waals surface area contributed by atoms with E-state index in [4.69, 9.17) is 5.26 Å². The van der Waals surface area contributed by atoms with Gasteiger partial charge >= 0.3 is 0 Å². The van der Waals surface area contributed by atoms with Gasteiger partial charge in [-0.25, -0.2) is 14.6 Å². The Morgan fingerprint density at radius 1 is 1.07 bits per heavy atom. The third-order valence-corrected chi connectivity index (χ3v) is 4.44. The molecular formula is C20H18N8O. The molecule has 0 radical (unpaired) electrons. The number of benzene rings is 1. The number of aromatic hydroxyl groups is 1. The SMILES string of the molecule is Cc1cc(C)n(-c2cc(Nc3nn(C)c(-c4ccc(C#N)cc4)c3O)ncn2)n1. The molecule has 0 aliphatic rings. The standard InChI is InChI=1S/C20H18N8O/c1-12-8-13(2)28(25-12)17-9-16(22-11-23-17)24-20-19(29)18(27(3)26-20)15-6-4-14(10-21)5-7-15/h4-9,11,29H,1-3H3,(H,22,23,24,26). The number of hydrogen-bond donors (Lipinski definition) is 2. The number of nitriles is 1. The Labute approximate surface area is 166 Å². The molecule has 0 unspecified atom stereocenters. The highest BCUT2D eigenvalue weighted by Crippen LogP contribution is 2.36. The van der Waals surface area contributed by atoms with Crippen LogP contribution in [0.15, 0.2) is 42.7 Å². The summed E-state index contributed by atoms with van der Waals surface area (Å²) in [6.45, 7) is 3.87. The Kier molecular flexibility index (Phi) is 4.44. The molecule has 0 saturated carbocycles. The third-order valence-electron chi connectivity index (χ3n) is 4.44. The molecule has 4 rings (SSSR count). The van der Waals surface area contributed by atoms with Crippen LogP contribution < -0.4 is 5.32 Å². The summed E-state index contributed by atoms with van der Waals surface area (Å²) in [6.07, 6.45) is 1.43. The monoisotopic (exact) mass is 386 g/mol. The van der Waals surface area contributed by atoms with Gasteiger partial charge in [0.25, 0.3) is 0 Å². The van der Waals surface area contributed by atoms with Crippen molar-refractivity contribution in [3.8, 4) is 28.9 Å². The maximum absolute atomic E-state index is 10.7. The number of nitrogens with one attached hydrogen (secondary N) is 1. The molecule has 0 atom stereocenters. The molecule has 1 aromatic carbocycles.